The first-order chi connectivity index (χ1) is 14.3. The monoisotopic (exact) mass is 410 g/mol. The Morgan fingerprint density at radius 3 is 2.40 bits per heavy atom. The Bertz CT molecular complexity index is 839. The van der Waals surface area contributed by atoms with E-state index < -0.39 is 0 Å². The number of hydrogen-bond donors (Lipinski definition) is 1. The van der Waals surface area contributed by atoms with Gasteiger partial charge >= 0.3 is 6.03 Å². The molecule has 0 aliphatic rings. The molecule has 0 fully saturated rings. The molecular weight excluding hydrogens is 376 g/mol. The van der Waals surface area contributed by atoms with Crippen molar-refractivity contribution in [1.82, 2.24) is 14.4 Å². The number of urea groups is 1. The molecule has 0 saturated carbocycles. The fourth-order valence-corrected chi connectivity index (χ4v) is 3.22. The highest BCUT2D eigenvalue weighted by molar-refractivity contribution is 5.92. The summed E-state index contributed by atoms with van der Waals surface area (Å²) in [5, 5.41) is 2.88. The summed E-state index contributed by atoms with van der Waals surface area (Å²) in [5.74, 6) is 0.246. The number of hydrogen-bond acceptors (Lipinski definition) is 2. The van der Waals surface area contributed by atoms with Gasteiger partial charge in [-0.05, 0) is 42.2 Å². The number of nitrogens with zero attached hydrogens (tertiary/aromatic N) is 3. The largest absolute Gasteiger partial charge is 0.353 e. The number of benzene rings is 1. The van der Waals surface area contributed by atoms with Gasteiger partial charge in [0, 0.05) is 37.7 Å². The van der Waals surface area contributed by atoms with E-state index in [-0.39, 0.29) is 18.5 Å². The molecule has 0 radical (unpaired) electrons. The molecule has 2 rings (SSSR count). The van der Waals surface area contributed by atoms with Crippen LogP contribution in [-0.4, -0.2) is 45.9 Å². The fourth-order valence-electron chi connectivity index (χ4n) is 3.22. The maximum atomic E-state index is 13.1. The van der Waals surface area contributed by atoms with Crippen LogP contribution in [0.1, 0.15) is 32.0 Å². The van der Waals surface area contributed by atoms with Gasteiger partial charge in [0.2, 0.25) is 5.91 Å². The summed E-state index contributed by atoms with van der Waals surface area (Å²) in [6.07, 6.45) is 4.55. The van der Waals surface area contributed by atoms with Gasteiger partial charge in [-0.25, -0.2) is 4.79 Å². The van der Waals surface area contributed by atoms with Crippen LogP contribution in [-0.2, 0) is 24.8 Å². The lowest BCUT2D eigenvalue weighted by atomic mass is 10.1. The average Bonchev–Trinajstić information content (AvgIpc) is 3.11. The second-order valence-corrected chi connectivity index (χ2v) is 7.93. The normalized spacial score (nSPS) is 10.7. The number of amides is 3. The zero-order valence-corrected chi connectivity index (χ0v) is 18.6. The van der Waals surface area contributed by atoms with E-state index in [1.807, 2.05) is 59.1 Å². The standard InChI is InChI=1S/C24H34N4O2/c1-6-14-27(24(30)25-21-12-10-20(7-2)11-13-21)18-23(29)28(16-19(3)4)17-22-9-8-15-26(22)5/h6,8-13,15,19H,1,7,14,16-18H2,2-5H3,(H,25,30). The molecule has 0 atom stereocenters. The van der Waals surface area contributed by atoms with E-state index in [0.717, 1.165) is 12.1 Å². The SMILES string of the molecule is C=CCN(CC(=O)N(Cc1cccn1C)CC(C)C)C(=O)Nc1ccc(CC)cc1. The minimum Gasteiger partial charge on any atom is -0.353 e. The third-order valence-electron chi connectivity index (χ3n) is 4.92. The summed E-state index contributed by atoms with van der Waals surface area (Å²) in [5.41, 5.74) is 2.97. The van der Waals surface area contributed by atoms with Crippen molar-refractivity contribution in [3.8, 4) is 0 Å². The first kappa shape index (κ1) is 23.3. The third-order valence-corrected chi connectivity index (χ3v) is 4.92. The Balaban J connectivity index is 2.08. The van der Waals surface area contributed by atoms with Crippen molar-refractivity contribution < 1.29 is 9.59 Å². The first-order valence-corrected chi connectivity index (χ1v) is 10.5. The summed E-state index contributed by atoms with van der Waals surface area (Å²) in [4.78, 5) is 29.2. The lowest BCUT2D eigenvalue weighted by Crippen LogP contribution is -2.45. The molecule has 0 saturated heterocycles. The van der Waals surface area contributed by atoms with Crippen molar-refractivity contribution >= 4 is 17.6 Å². The van der Waals surface area contributed by atoms with Gasteiger partial charge in [0.15, 0.2) is 0 Å². The zero-order chi connectivity index (χ0) is 22.1. The van der Waals surface area contributed by atoms with E-state index in [9.17, 15) is 9.59 Å². The molecule has 0 aliphatic carbocycles. The van der Waals surface area contributed by atoms with E-state index in [2.05, 4.69) is 32.7 Å². The molecular formula is C24H34N4O2. The van der Waals surface area contributed by atoms with Gasteiger partial charge in [-0.3, -0.25) is 4.79 Å². The molecule has 0 aliphatic heterocycles. The van der Waals surface area contributed by atoms with Crippen molar-refractivity contribution in [3.05, 3.63) is 66.5 Å². The number of carbonyl (C=O) groups excluding carboxylic acids is 2. The summed E-state index contributed by atoms with van der Waals surface area (Å²) in [7, 11) is 1.97. The van der Waals surface area contributed by atoms with Crippen LogP contribution in [0.3, 0.4) is 0 Å². The fraction of sp³-hybridized carbons (Fsp3) is 0.417. The first-order valence-electron chi connectivity index (χ1n) is 10.5. The molecule has 1 N–H and O–H groups in total. The lowest BCUT2D eigenvalue weighted by Gasteiger charge is -2.28. The van der Waals surface area contributed by atoms with Gasteiger partial charge in [0.05, 0.1) is 6.54 Å². The molecule has 2 aromatic rings. The van der Waals surface area contributed by atoms with Gasteiger partial charge < -0.3 is 19.7 Å². The number of rotatable bonds is 10. The molecule has 1 heterocycles. The van der Waals surface area contributed by atoms with Crippen LogP contribution in [0.25, 0.3) is 0 Å². The molecule has 3 amide bonds. The number of aryl methyl sites for hydroxylation is 2. The van der Waals surface area contributed by atoms with E-state index >= 15 is 0 Å². The zero-order valence-electron chi connectivity index (χ0n) is 18.6. The topological polar surface area (TPSA) is 57.6 Å². The van der Waals surface area contributed by atoms with Gasteiger partial charge in [0.25, 0.3) is 0 Å². The number of nitrogens with one attached hydrogen (secondary N) is 1. The van der Waals surface area contributed by atoms with Crippen molar-refractivity contribution in [2.24, 2.45) is 13.0 Å². The second kappa shape index (κ2) is 11.2. The van der Waals surface area contributed by atoms with Crippen LogP contribution in [0.2, 0.25) is 0 Å². The highest BCUT2D eigenvalue weighted by Gasteiger charge is 2.22. The van der Waals surface area contributed by atoms with Crippen LogP contribution in [0.15, 0.2) is 55.3 Å². The molecule has 6 heteroatoms. The summed E-state index contributed by atoms with van der Waals surface area (Å²) < 4.78 is 2.01. The van der Waals surface area contributed by atoms with Crippen LogP contribution in [0, 0.1) is 5.92 Å². The second-order valence-electron chi connectivity index (χ2n) is 7.93. The smallest absolute Gasteiger partial charge is 0.322 e. The third kappa shape index (κ3) is 6.79. The molecule has 1 aromatic carbocycles. The van der Waals surface area contributed by atoms with Crippen molar-refractivity contribution in [2.75, 3.05) is 25.0 Å². The average molecular weight is 411 g/mol. The number of anilines is 1. The summed E-state index contributed by atoms with van der Waals surface area (Å²) in [6, 6.07) is 11.4. The predicted molar refractivity (Wildman–Crippen MR) is 122 cm³/mol. The molecule has 0 spiro atoms. The Morgan fingerprint density at radius 1 is 1.17 bits per heavy atom. The Kier molecular flexibility index (Phi) is 8.71. The summed E-state index contributed by atoms with van der Waals surface area (Å²) in [6.45, 7) is 11.4. The molecule has 1 aromatic heterocycles. The number of aromatic nitrogens is 1. The van der Waals surface area contributed by atoms with Gasteiger partial charge in [-0.2, -0.15) is 0 Å². The van der Waals surface area contributed by atoms with Crippen molar-refractivity contribution in [2.45, 2.75) is 33.7 Å². The van der Waals surface area contributed by atoms with Crippen molar-refractivity contribution in [1.29, 1.82) is 0 Å². The molecule has 0 unspecified atom stereocenters. The van der Waals surface area contributed by atoms with Crippen LogP contribution in [0.4, 0.5) is 10.5 Å². The van der Waals surface area contributed by atoms with Crippen LogP contribution in [0.5, 0.6) is 0 Å². The highest BCUT2D eigenvalue weighted by Crippen LogP contribution is 2.12. The minimum atomic E-state index is -0.309. The molecule has 162 valence electrons. The van der Waals surface area contributed by atoms with Gasteiger partial charge in [-0.1, -0.05) is 39.0 Å². The van der Waals surface area contributed by atoms with Crippen LogP contribution < -0.4 is 5.32 Å². The highest BCUT2D eigenvalue weighted by atomic mass is 16.2. The predicted octanol–water partition coefficient (Wildman–Crippen LogP) is 4.29. The van der Waals surface area contributed by atoms with Crippen LogP contribution >= 0.6 is 0 Å². The lowest BCUT2D eigenvalue weighted by molar-refractivity contribution is -0.132. The molecule has 30 heavy (non-hydrogen) atoms. The minimum absolute atomic E-state index is 0.00202. The Morgan fingerprint density at radius 2 is 1.87 bits per heavy atom. The number of carbonyl (C=O) groups is 2. The van der Waals surface area contributed by atoms with E-state index in [0.29, 0.717) is 31.2 Å². The van der Waals surface area contributed by atoms with Crippen molar-refractivity contribution in [3.63, 3.8) is 0 Å². The van der Waals surface area contributed by atoms with Gasteiger partial charge in [0.1, 0.15) is 6.54 Å². The quantitative estimate of drug-likeness (QED) is 0.594. The van der Waals surface area contributed by atoms with E-state index in [1.54, 1.807) is 6.08 Å². The van der Waals surface area contributed by atoms with E-state index in [4.69, 9.17) is 0 Å². The van der Waals surface area contributed by atoms with Gasteiger partial charge in [-0.15, -0.1) is 6.58 Å². The summed E-state index contributed by atoms with van der Waals surface area (Å²) >= 11 is 0. The molecule has 6 nitrogen and oxygen atoms in total. The maximum absolute atomic E-state index is 13.1. The molecule has 0 bridgehead atoms. The maximum Gasteiger partial charge on any atom is 0.322 e. The van der Waals surface area contributed by atoms with E-state index in [1.165, 1.54) is 10.5 Å². The Hall–Kier alpha value is -3.02. The Labute approximate surface area is 180 Å².